The fourth-order valence-electron chi connectivity index (χ4n) is 1.33. The van der Waals surface area contributed by atoms with Crippen LogP contribution in [0.15, 0.2) is 24.3 Å². The van der Waals surface area contributed by atoms with Gasteiger partial charge in [0.25, 0.3) is 0 Å². The topological polar surface area (TPSA) is 83.6 Å². The molecule has 2 atom stereocenters. The van der Waals surface area contributed by atoms with E-state index in [2.05, 4.69) is 0 Å². The van der Waals surface area contributed by atoms with Crippen molar-refractivity contribution in [3.63, 3.8) is 0 Å². The second-order valence-corrected chi connectivity index (χ2v) is 3.49. The lowest BCUT2D eigenvalue weighted by Gasteiger charge is -2.28. The van der Waals surface area contributed by atoms with E-state index in [0.717, 1.165) is 0 Å². The van der Waals surface area contributed by atoms with E-state index >= 15 is 0 Å². The van der Waals surface area contributed by atoms with E-state index < -0.39 is 11.8 Å². The number of halogens is 1. The minimum absolute atomic E-state index is 0. The number of benzene rings is 1. The molecule has 5 heteroatoms. The van der Waals surface area contributed by atoms with Crippen molar-refractivity contribution < 1.29 is 15.0 Å². The fourth-order valence-corrected chi connectivity index (χ4v) is 1.33. The molecule has 0 aliphatic rings. The molecule has 0 saturated carbocycles. The summed E-state index contributed by atoms with van der Waals surface area (Å²) in [5.41, 5.74) is 4.72. The summed E-state index contributed by atoms with van der Waals surface area (Å²) in [5.74, 6) is 0. The minimum Gasteiger partial charge on any atom is -0.388 e. The van der Waals surface area contributed by atoms with E-state index in [0.29, 0.717) is 23.8 Å². The van der Waals surface area contributed by atoms with Crippen LogP contribution in [0.5, 0.6) is 0 Å². The maximum atomic E-state index is 10.4. The Kier molecular flexibility index (Phi) is 5.61. The Morgan fingerprint density at radius 2 is 1.94 bits per heavy atom. The Bertz CT molecular complexity index is 338. The van der Waals surface area contributed by atoms with Crippen LogP contribution < -0.4 is 5.73 Å². The highest BCUT2D eigenvalue weighted by Crippen LogP contribution is 2.21. The molecule has 0 fully saturated rings. The van der Waals surface area contributed by atoms with Crippen molar-refractivity contribution in [2.75, 3.05) is 0 Å². The molecule has 0 unspecified atom stereocenters. The quantitative estimate of drug-likeness (QED) is 0.541. The van der Waals surface area contributed by atoms with Crippen LogP contribution >= 0.6 is 12.4 Å². The summed E-state index contributed by atoms with van der Waals surface area (Å²) in [6.45, 7) is 1.72. The third-order valence-corrected chi connectivity index (χ3v) is 2.40. The number of aliphatic hydroxyl groups is 2. The first-order valence-corrected chi connectivity index (χ1v) is 4.77. The number of hydrogen-bond donors (Lipinski definition) is 3. The maximum absolute atomic E-state index is 10.4. The van der Waals surface area contributed by atoms with Gasteiger partial charge in [-0.15, -0.1) is 12.4 Å². The molecular formula is C11H16ClNO3. The van der Waals surface area contributed by atoms with Gasteiger partial charge >= 0.3 is 0 Å². The Morgan fingerprint density at radius 3 is 2.31 bits per heavy atom. The summed E-state index contributed by atoms with van der Waals surface area (Å²) in [5, 5.41) is 19.4. The van der Waals surface area contributed by atoms with Crippen molar-refractivity contribution >= 4 is 18.7 Å². The van der Waals surface area contributed by atoms with Gasteiger partial charge in [0.1, 0.15) is 12.4 Å². The zero-order valence-corrected chi connectivity index (χ0v) is 9.78. The summed E-state index contributed by atoms with van der Waals surface area (Å²) in [4.78, 5) is 10.4. The predicted octanol–water partition coefficient (Wildman–Crippen LogP) is 0.796. The first-order valence-electron chi connectivity index (χ1n) is 4.77. The Balaban J connectivity index is 0.00000225. The lowest BCUT2D eigenvalue weighted by Crippen LogP contribution is -2.47. The van der Waals surface area contributed by atoms with Crippen molar-refractivity contribution in [2.24, 2.45) is 5.73 Å². The van der Waals surface area contributed by atoms with Gasteiger partial charge in [-0.3, -0.25) is 10.5 Å². The molecule has 0 bridgehead atoms. The normalized spacial score (nSPS) is 15.8. The van der Waals surface area contributed by atoms with Crippen LogP contribution in [0.3, 0.4) is 0 Å². The van der Waals surface area contributed by atoms with E-state index in [1.807, 2.05) is 0 Å². The lowest BCUT2D eigenvalue weighted by atomic mass is 9.95. The van der Waals surface area contributed by atoms with E-state index in [1.54, 1.807) is 19.1 Å². The van der Waals surface area contributed by atoms with Crippen LogP contribution in [0.1, 0.15) is 29.3 Å². The Labute approximate surface area is 100 Å². The third kappa shape index (κ3) is 3.02. The molecule has 0 aliphatic carbocycles. The average molecular weight is 246 g/mol. The number of aldehydes is 1. The van der Waals surface area contributed by atoms with E-state index in [4.69, 9.17) is 5.73 Å². The van der Waals surface area contributed by atoms with Crippen molar-refractivity contribution in [1.82, 2.24) is 0 Å². The first kappa shape index (κ1) is 15.1. The van der Waals surface area contributed by atoms with Gasteiger partial charge in [-0.2, -0.15) is 0 Å². The number of carbonyl (C=O) groups excluding carboxylic acids is 1. The molecule has 90 valence electrons. The van der Waals surface area contributed by atoms with Crippen molar-refractivity contribution in [2.45, 2.75) is 25.2 Å². The predicted molar refractivity (Wildman–Crippen MR) is 63.5 cm³/mol. The fraction of sp³-hybridized carbons (Fsp3) is 0.364. The number of carbonyl (C=O) groups is 1. The Hall–Kier alpha value is -0.940. The van der Waals surface area contributed by atoms with Gasteiger partial charge in [-0.25, -0.2) is 0 Å². The summed E-state index contributed by atoms with van der Waals surface area (Å²) in [6.07, 6.45) is 0.0254. The molecule has 1 aromatic rings. The van der Waals surface area contributed by atoms with E-state index in [-0.39, 0.29) is 12.4 Å². The van der Waals surface area contributed by atoms with Gasteiger partial charge in [-0.05, 0) is 6.42 Å². The van der Waals surface area contributed by atoms with Crippen LogP contribution in [0.4, 0.5) is 0 Å². The smallest absolute Gasteiger partial charge is 0.165 e. The first-order chi connectivity index (χ1) is 7.02. The number of nitrogens with two attached hydrogens (primary N) is 1. The lowest BCUT2D eigenvalue weighted by molar-refractivity contribution is -0.0774. The minimum atomic E-state index is -1.77. The number of hydrogen-bond acceptors (Lipinski definition) is 4. The number of aliphatic hydroxyl groups excluding tert-OH is 1. The third-order valence-electron chi connectivity index (χ3n) is 2.40. The average Bonchev–Trinajstić information content (AvgIpc) is 2.28. The van der Waals surface area contributed by atoms with Crippen molar-refractivity contribution in [1.29, 1.82) is 0 Å². The zero-order valence-electron chi connectivity index (χ0n) is 8.96. The molecule has 0 saturated heterocycles. The Morgan fingerprint density at radius 1 is 1.44 bits per heavy atom. The van der Waals surface area contributed by atoms with Gasteiger partial charge in [-0.1, -0.05) is 31.2 Å². The van der Waals surface area contributed by atoms with E-state index in [9.17, 15) is 15.0 Å². The number of rotatable bonds is 4. The van der Waals surface area contributed by atoms with Gasteiger partial charge in [0, 0.05) is 11.1 Å². The van der Waals surface area contributed by atoms with E-state index in [1.165, 1.54) is 12.1 Å². The largest absolute Gasteiger partial charge is 0.388 e. The molecule has 4 N–H and O–H groups in total. The molecule has 4 nitrogen and oxygen atoms in total. The van der Waals surface area contributed by atoms with Gasteiger partial charge < -0.3 is 10.2 Å². The second kappa shape index (κ2) is 5.96. The highest BCUT2D eigenvalue weighted by Gasteiger charge is 2.31. The standard InChI is InChI=1S/C11H15NO3.ClH/c1-2-10(14)11(12,15)9-5-3-8(7-13)4-6-9;/h3-7,10,14-15H,2,12H2,1H3;1H/t10-,11-;/m1./s1. The summed E-state index contributed by atoms with van der Waals surface area (Å²) in [6, 6.07) is 6.15. The molecule has 0 heterocycles. The van der Waals surface area contributed by atoms with Crippen molar-refractivity contribution in [3.05, 3.63) is 35.4 Å². The molecule has 0 aliphatic heterocycles. The highest BCUT2D eigenvalue weighted by atomic mass is 35.5. The molecular weight excluding hydrogens is 230 g/mol. The van der Waals surface area contributed by atoms with Gasteiger partial charge in [0.05, 0.1) is 0 Å². The van der Waals surface area contributed by atoms with Crippen LogP contribution in [-0.2, 0) is 5.72 Å². The molecule has 0 aromatic heterocycles. The van der Waals surface area contributed by atoms with Gasteiger partial charge in [0.15, 0.2) is 5.72 Å². The second-order valence-electron chi connectivity index (χ2n) is 3.49. The SMILES string of the molecule is CC[C@@H](O)[C@](N)(O)c1ccc(C=O)cc1.Cl. The molecule has 1 aromatic carbocycles. The highest BCUT2D eigenvalue weighted by molar-refractivity contribution is 5.85. The molecule has 1 rings (SSSR count). The summed E-state index contributed by atoms with van der Waals surface area (Å²) < 4.78 is 0. The monoisotopic (exact) mass is 245 g/mol. The molecule has 16 heavy (non-hydrogen) atoms. The maximum Gasteiger partial charge on any atom is 0.165 e. The van der Waals surface area contributed by atoms with Crippen LogP contribution in [0, 0.1) is 0 Å². The molecule has 0 amide bonds. The summed E-state index contributed by atoms with van der Waals surface area (Å²) in [7, 11) is 0. The molecule has 0 radical (unpaired) electrons. The summed E-state index contributed by atoms with van der Waals surface area (Å²) >= 11 is 0. The molecule has 0 spiro atoms. The van der Waals surface area contributed by atoms with Gasteiger partial charge in [0.2, 0.25) is 0 Å². The van der Waals surface area contributed by atoms with Crippen LogP contribution in [-0.4, -0.2) is 22.6 Å². The van der Waals surface area contributed by atoms with Crippen LogP contribution in [0.25, 0.3) is 0 Å². The van der Waals surface area contributed by atoms with Crippen LogP contribution in [0.2, 0.25) is 0 Å². The zero-order chi connectivity index (χ0) is 11.5. The van der Waals surface area contributed by atoms with Crippen molar-refractivity contribution in [3.8, 4) is 0 Å².